The highest BCUT2D eigenvalue weighted by atomic mass is 32.1. The van der Waals surface area contributed by atoms with Gasteiger partial charge in [0.15, 0.2) is 11.6 Å². The van der Waals surface area contributed by atoms with E-state index in [4.69, 9.17) is 9.47 Å². The second-order valence-corrected chi connectivity index (χ2v) is 6.94. The highest BCUT2D eigenvalue weighted by Gasteiger charge is 2.13. The van der Waals surface area contributed by atoms with Crippen LogP contribution in [0.25, 0.3) is 21.3 Å². The summed E-state index contributed by atoms with van der Waals surface area (Å²) >= 11 is 1.28. The average molecular weight is 391 g/mol. The minimum Gasteiger partial charge on any atom is -0.496 e. The molecule has 0 bridgehead atoms. The summed E-state index contributed by atoms with van der Waals surface area (Å²) in [5, 5.41) is 14.1. The van der Waals surface area contributed by atoms with Gasteiger partial charge >= 0.3 is 0 Å². The Morgan fingerprint density at radius 3 is 2.64 bits per heavy atom. The number of nitrogens with one attached hydrogen (secondary N) is 1. The molecule has 1 amide bonds. The zero-order valence-electron chi connectivity index (χ0n) is 15.1. The Labute approximate surface area is 165 Å². The van der Waals surface area contributed by atoms with E-state index in [2.05, 4.69) is 15.5 Å². The molecule has 0 aliphatic heterocycles. The molecule has 1 heterocycles. The second kappa shape index (κ2) is 8.06. The van der Waals surface area contributed by atoms with Crippen molar-refractivity contribution in [2.75, 3.05) is 19.0 Å². The van der Waals surface area contributed by atoms with Gasteiger partial charge < -0.3 is 9.47 Å². The van der Waals surface area contributed by atoms with Gasteiger partial charge in [-0.2, -0.15) is 0 Å². The van der Waals surface area contributed by atoms with Crippen molar-refractivity contribution in [3.63, 3.8) is 0 Å². The predicted octanol–water partition coefficient (Wildman–Crippen LogP) is 4.38. The van der Waals surface area contributed by atoms with E-state index in [9.17, 15) is 4.79 Å². The first-order valence-corrected chi connectivity index (χ1v) is 9.43. The predicted molar refractivity (Wildman–Crippen MR) is 110 cm³/mol. The van der Waals surface area contributed by atoms with E-state index >= 15 is 0 Å². The van der Waals surface area contributed by atoms with Crippen molar-refractivity contribution in [1.29, 1.82) is 0 Å². The van der Waals surface area contributed by atoms with Crippen molar-refractivity contribution in [3.05, 3.63) is 66.7 Å². The third-order valence-corrected chi connectivity index (χ3v) is 4.97. The highest BCUT2D eigenvalue weighted by Crippen LogP contribution is 2.33. The van der Waals surface area contributed by atoms with Crippen LogP contribution in [0.4, 0.5) is 5.13 Å². The van der Waals surface area contributed by atoms with Gasteiger partial charge in [-0.05, 0) is 35.0 Å². The Bertz CT molecular complexity index is 1130. The molecule has 140 valence electrons. The van der Waals surface area contributed by atoms with Crippen molar-refractivity contribution in [2.24, 2.45) is 0 Å². The third-order valence-electron chi connectivity index (χ3n) is 4.10. The molecule has 1 aromatic heterocycles. The molecule has 6 nitrogen and oxygen atoms in total. The number of hydrogen-bond donors (Lipinski definition) is 1. The number of para-hydroxylation sites is 1. The van der Waals surface area contributed by atoms with Crippen LogP contribution in [0.15, 0.2) is 66.7 Å². The van der Waals surface area contributed by atoms with Crippen LogP contribution in [-0.2, 0) is 4.79 Å². The summed E-state index contributed by atoms with van der Waals surface area (Å²) in [5.74, 6) is 1.05. The molecule has 28 heavy (non-hydrogen) atoms. The minimum absolute atomic E-state index is 0.109. The normalized spacial score (nSPS) is 10.6. The summed E-state index contributed by atoms with van der Waals surface area (Å²) in [4.78, 5) is 12.2. The van der Waals surface area contributed by atoms with Gasteiger partial charge in [0, 0.05) is 0 Å². The van der Waals surface area contributed by atoms with E-state index in [1.165, 1.54) is 11.3 Å². The summed E-state index contributed by atoms with van der Waals surface area (Å²) in [6, 6.07) is 21.2. The maximum absolute atomic E-state index is 12.2. The highest BCUT2D eigenvalue weighted by molar-refractivity contribution is 7.18. The molecule has 0 spiro atoms. The lowest BCUT2D eigenvalue weighted by Gasteiger charge is -2.07. The fraction of sp³-hybridized carbons (Fsp3) is 0.0952. The zero-order chi connectivity index (χ0) is 19.3. The maximum Gasteiger partial charge on any atom is 0.264 e. The number of hydrogen-bond acceptors (Lipinski definition) is 6. The summed E-state index contributed by atoms with van der Waals surface area (Å²) in [6.07, 6.45) is 0. The van der Waals surface area contributed by atoms with E-state index in [1.54, 1.807) is 7.11 Å². The van der Waals surface area contributed by atoms with Crippen molar-refractivity contribution in [1.82, 2.24) is 10.2 Å². The van der Waals surface area contributed by atoms with E-state index < -0.39 is 0 Å². The number of ether oxygens (including phenoxy) is 2. The van der Waals surface area contributed by atoms with E-state index in [0.29, 0.717) is 21.6 Å². The standard InChI is InChI=1S/C21H17N3O3S/c1-26-18-9-5-4-8-17(18)20-23-24-21(28-20)22-19(25)13-27-16-11-10-14-6-2-3-7-15(14)12-16/h2-12H,13H2,1H3,(H,22,24,25). The zero-order valence-corrected chi connectivity index (χ0v) is 15.9. The topological polar surface area (TPSA) is 73.3 Å². The van der Waals surface area contributed by atoms with Crippen molar-refractivity contribution in [3.8, 4) is 22.1 Å². The number of nitrogens with zero attached hydrogens (tertiary/aromatic N) is 2. The van der Waals surface area contributed by atoms with Crippen molar-refractivity contribution >= 4 is 33.1 Å². The van der Waals surface area contributed by atoms with Crippen LogP contribution in [0.1, 0.15) is 0 Å². The number of carbonyl (C=O) groups is 1. The number of amides is 1. The van der Waals surface area contributed by atoms with Gasteiger partial charge in [-0.3, -0.25) is 10.1 Å². The van der Waals surface area contributed by atoms with Crippen LogP contribution in [0, 0.1) is 0 Å². The lowest BCUT2D eigenvalue weighted by molar-refractivity contribution is -0.118. The molecule has 3 aromatic carbocycles. The molecule has 0 unspecified atom stereocenters. The fourth-order valence-corrected chi connectivity index (χ4v) is 3.56. The van der Waals surface area contributed by atoms with E-state index in [0.717, 1.165) is 16.3 Å². The fourth-order valence-electron chi connectivity index (χ4n) is 2.77. The van der Waals surface area contributed by atoms with Crippen LogP contribution in [0.2, 0.25) is 0 Å². The number of benzene rings is 3. The molecule has 0 aliphatic carbocycles. The second-order valence-electron chi connectivity index (χ2n) is 5.96. The first kappa shape index (κ1) is 17.9. The molecule has 0 saturated heterocycles. The molecule has 0 fully saturated rings. The number of fused-ring (bicyclic) bond motifs is 1. The summed E-state index contributed by atoms with van der Waals surface area (Å²) < 4.78 is 10.9. The van der Waals surface area contributed by atoms with E-state index in [-0.39, 0.29) is 12.5 Å². The molecule has 4 rings (SSSR count). The van der Waals surface area contributed by atoms with Gasteiger partial charge in [0.1, 0.15) is 11.5 Å². The molecule has 0 atom stereocenters. The SMILES string of the molecule is COc1ccccc1-c1nnc(NC(=O)COc2ccc3ccccc3c2)s1. The van der Waals surface area contributed by atoms with Gasteiger partial charge in [-0.1, -0.05) is 53.8 Å². The van der Waals surface area contributed by atoms with Gasteiger partial charge in [-0.15, -0.1) is 10.2 Å². The van der Waals surface area contributed by atoms with Gasteiger partial charge in [0.25, 0.3) is 5.91 Å². The summed E-state index contributed by atoms with van der Waals surface area (Å²) in [7, 11) is 1.60. The van der Waals surface area contributed by atoms with Crippen LogP contribution in [-0.4, -0.2) is 29.8 Å². The van der Waals surface area contributed by atoms with Crippen LogP contribution >= 0.6 is 11.3 Å². The van der Waals surface area contributed by atoms with Crippen LogP contribution in [0.5, 0.6) is 11.5 Å². The lowest BCUT2D eigenvalue weighted by Crippen LogP contribution is -2.20. The molecule has 0 saturated carbocycles. The van der Waals surface area contributed by atoms with Crippen molar-refractivity contribution < 1.29 is 14.3 Å². The Morgan fingerprint density at radius 1 is 1.00 bits per heavy atom. The van der Waals surface area contributed by atoms with Gasteiger partial charge in [0.05, 0.1) is 12.7 Å². The lowest BCUT2D eigenvalue weighted by atomic mass is 10.1. The maximum atomic E-state index is 12.2. The monoisotopic (exact) mass is 391 g/mol. The average Bonchev–Trinajstić information content (AvgIpc) is 3.20. The number of rotatable bonds is 6. The molecular formula is C21H17N3O3S. The number of carbonyl (C=O) groups excluding carboxylic acids is 1. The first-order valence-electron chi connectivity index (χ1n) is 8.61. The molecule has 0 aliphatic rings. The first-order chi connectivity index (χ1) is 13.7. The number of anilines is 1. The van der Waals surface area contributed by atoms with E-state index in [1.807, 2.05) is 66.7 Å². The minimum atomic E-state index is -0.295. The van der Waals surface area contributed by atoms with Gasteiger partial charge in [-0.25, -0.2) is 0 Å². The number of aromatic nitrogens is 2. The summed E-state index contributed by atoms with van der Waals surface area (Å²) in [6.45, 7) is -0.109. The molecule has 1 N–H and O–H groups in total. The Hall–Kier alpha value is -3.45. The molecular weight excluding hydrogens is 374 g/mol. The number of methoxy groups -OCH3 is 1. The molecule has 0 radical (unpaired) electrons. The quantitative estimate of drug-likeness (QED) is 0.528. The van der Waals surface area contributed by atoms with Gasteiger partial charge in [0.2, 0.25) is 5.13 Å². The van der Waals surface area contributed by atoms with Crippen molar-refractivity contribution in [2.45, 2.75) is 0 Å². The van der Waals surface area contributed by atoms with Crippen LogP contribution in [0.3, 0.4) is 0 Å². The summed E-state index contributed by atoms with van der Waals surface area (Å²) in [5.41, 5.74) is 0.829. The molecule has 4 aromatic rings. The smallest absolute Gasteiger partial charge is 0.264 e. The Balaban J connectivity index is 1.39. The largest absolute Gasteiger partial charge is 0.496 e. The van der Waals surface area contributed by atoms with Crippen LogP contribution < -0.4 is 14.8 Å². The molecule has 7 heteroatoms. The third kappa shape index (κ3) is 3.94. The Morgan fingerprint density at radius 2 is 1.79 bits per heavy atom. The Kier molecular flexibility index (Phi) is 5.16.